The number of carboxylic acid groups (broad SMARTS) is 1. The summed E-state index contributed by atoms with van der Waals surface area (Å²) in [5.74, 6) is -0.671. The molecule has 0 amide bonds. The maximum atomic E-state index is 11.0. The van der Waals surface area contributed by atoms with Crippen molar-refractivity contribution in [3.63, 3.8) is 0 Å². The number of unbranched alkanes of at least 4 members (excludes halogenated alkanes) is 6. The Morgan fingerprint density at radius 2 is 1.79 bits per heavy atom. The fraction of sp³-hybridized carbons (Fsp3) is 0.909. The first-order valence-electron chi connectivity index (χ1n) is 7.01. The molecular weight excluding hydrogens is 346 g/mol. The van der Waals surface area contributed by atoms with E-state index in [9.17, 15) is 4.79 Å². The van der Waals surface area contributed by atoms with Crippen LogP contribution in [0.5, 0.6) is 0 Å². The number of carboxylic acids is 1. The van der Waals surface area contributed by atoms with Crippen LogP contribution >= 0.6 is 0 Å². The van der Waals surface area contributed by atoms with E-state index in [4.69, 9.17) is 13.3 Å². The van der Waals surface area contributed by atoms with Crippen molar-refractivity contribution in [1.82, 2.24) is 0 Å². The molecule has 4 nitrogen and oxygen atoms in total. The molecule has 0 aliphatic rings. The third kappa shape index (κ3) is 14.9. The Morgan fingerprint density at radius 1 is 1.21 bits per heavy atom. The normalized spacial score (nSPS) is 13.3. The van der Waals surface area contributed by atoms with E-state index < -0.39 is 25.7 Å². The maximum absolute atomic E-state index is 11.0. The number of hydrogen-bond acceptors (Lipinski definition) is 3. The predicted molar refractivity (Wildman–Crippen MR) is 83.2 cm³/mol. The summed E-state index contributed by atoms with van der Waals surface area (Å²) in [4.78, 5) is 11.0. The first-order chi connectivity index (χ1) is 8.72. The zero-order chi connectivity index (χ0) is 13.6. The molecule has 0 spiro atoms. The average molecular weight is 374 g/mol. The Bertz CT molecular complexity index is 210. The molecule has 1 unspecified atom stereocenters. The molecule has 0 saturated carbocycles. The Morgan fingerprint density at radius 3 is 2.32 bits per heavy atom. The van der Waals surface area contributed by atoms with Gasteiger partial charge >= 0.3 is 5.97 Å². The third-order valence-corrected chi connectivity index (χ3v) is 6.74. The van der Waals surface area contributed by atoms with Crippen molar-refractivity contribution in [3.8, 4) is 0 Å². The molecule has 0 bridgehead atoms. The minimum atomic E-state index is -0.921. The van der Waals surface area contributed by atoms with Gasteiger partial charge in [0.25, 0.3) is 10.0 Å². The van der Waals surface area contributed by atoms with Gasteiger partial charge in [0.05, 0.1) is 5.54 Å². The van der Waals surface area contributed by atoms with Gasteiger partial charge in [-0.1, -0.05) is 51.9 Å². The van der Waals surface area contributed by atoms with Gasteiger partial charge in [0.2, 0.25) is 0 Å². The molecule has 1 N–H and O–H groups in total. The van der Waals surface area contributed by atoms with Gasteiger partial charge in [-0.25, -0.2) is 0 Å². The van der Waals surface area contributed by atoms with Crippen LogP contribution in [0.25, 0.3) is 0 Å². The molecule has 0 saturated heterocycles. The van der Waals surface area contributed by atoms with Crippen molar-refractivity contribution in [3.05, 3.63) is 0 Å². The first-order valence-corrected chi connectivity index (χ1v) is 10.4. The van der Waals surface area contributed by atoms with Crippen molar-refractivity contribution in [2.24, 2.45) is 0 Å². The van der Waals surface area contributed by atoms with Gasteiger partial charge in [-0.15, -0.1) is 0 Å². The second kappa shape index (κ2) is 16.7. The van der Waals surface area contributed by atoms with Gasteiger partial charge in [0.1, 0.15) is 10.5 Å². The van der Waals surface area contributed by atoms with E-state index >= 15 is 0 Å². The van der Waals surface area contributed by atoms with E-state index in [-0.39, 0.29) is 25.0 Å². The molecule has 0 aromatic carbocycles. The van der Waals surface area contributed by atoms with E-state index in [2.05, 4.69) is 6.92 Å². The average Bonchev–Trinajstić information content (AvgIpc) is 2.35. The minimum absolute atomic E-state index is 0. The molecule has 0 aromatic rings. The third-order valence-electron chi connectivity index (χ3n) is 3.03. The fourth-order valence-electron chi connectivity index (χ4n) is 1.90. The largest absolute Gasteiger partial charge is 0.481 e. The second-order valence-corrected chi connectivity index (χ2v) is 10.2. The quantitative estimate of drug-likeness (QED) is 0.375. The monoisotopic (exact) mass is 372 g/mol. The smallest absolute Gasteiger partial charge is 0.305 e. The molecule has 8 heteroatoms. The zero-order valence-corrected chi connectivity index (χ0v) is 20.3. The molecule has 0 radical (unpaired) electrons. The van der Waals surface area contributed by atoms with Crippen LogP contribution in [-0.2, 0) is 32.5 Å². The summed E-state index contributed by atoms with van der Waals surface area (Å²) in [6, 6.07) is 0. The summed E-state index contributed by atoms with van der Waals surface area (Å²) in [6.45, 7) is 2.22. The Hall–Kier alpha value is 0.664. The Kier molecular flexibility index (Phi) is 19.3. The van der Waals surface area contributed by atoms with Gasteiger partial charge in [-0.2, -0.15) is 0 Å². The molecule has 0 aliphatic heterocycles. The number of carbonyl (C=O) groups is 1. The second-order valence-electron chi connectivity index (χ2n) is 4.72. The van der Waals surface area contributed by atoms with Gasteiger partial charge < -0.3 is 13.3 Å². The molecule has 19 heavy (non-hydrogen) atoms. The zero-order valence-electron chi connectivity index (χ0n) is 12.5. The standard InChI is InChI=1S/C11H28O4Si3.Zn/c1-2-3-4-5-6-7-8-9-10(11(12)13)17-15-18-14-16;/h10H,2-9,17-18H2,1,16H3,(H,12,13);. The van der Waals surface area contributed by atoms with Gasteiger partial charge in [0, 0.05) is 19.5 Å². The van der Waals surface area contributed by atoms with Crippen LogP contribution < -0.4 is 0 Å². The fourth-order valence-corrected chi connectivity index (χ4v) is 6.19. The Balaban J connectivity index is 0. The summed E-state index contributed by atoms with van der Waals surface area (Å²) in [7, 11) is -1.05. The number of aliphatic carboxylic acids is 1. The van der Waals surface area contributed by atoms with Crippen LogP contribution in [0.2, 0.25) is 5.54 Å². The molecule has 0 fully saturated rings. The van der Waals surface area contributed by atoms with Crippen LogP contribution in [0.1, 0.15) is 58.3 Å². The van der Waals surface area contributed by atoms with E-state index in [0.717, 1.165) is 19.3 Å². The van der Waals surface area contributed by atoms with E-state index in [1.165, 1.54) is 32.1 Å². The Labute approximate surface area is 137 Å². The maximum Gasteiger partial charge on any atom is 0.305 e. The van der Waals surface area contributed by atoms with Gasteiger partial charge in [-0.05, 0) is 6.42 Å². The molecule has 0 aromatic heterocycles. The van der Waals surface area contributed by atoms with Crippen LogP contribution in [0, 0.1) is 0 Å². The SMILES string of the molecule is CCCCCCCCCC([SiH2]O[SiH2]O[SiH3])C(=O)O.[Zn]. The van der Waals surface area contributed by atoms with E-state index in [1.54, 1.807) is 0 Å². The predicted octanol–water partition coefficient (Wildman–Crippen LogP) is 0.394. The summed E-state index contributed by atoms with van der Waals surface area (Å²) >= 11 is 0. The van der Waals surface area contributed by atoms with Crippen LogP contribution in [0.3, 0.4) is 0 Å². The van der Waals surface area contributed by atoms with Crippen molar-refractivity contribution in [2.45, 2.75) is 63.8 Å². The number of hydrogen-bond donors (Lipinski definition) is 1. The molecular formula is C11H28O4Si3Zn. The minimum Gasteiger partial charge on any atom is -0.481 e. The molecule has 1 atom stereocenters. The van der Waals surface area contributed by atoms with Gasteiger partial charge in [-0.3, -0.25) is 4.79 Å². The topological polar surface area (TPSA) is 55.8 Å². The summed E-state index contributed by atoms with van der Waals surface area (Å²) in [5, 5.41) is 9.08. The van der Waals surface area contributed by atoms with Gasteiger partial charge in [0.15, 0.2) is 9.76 Å². The summed E-state index contributed by atoms with van der Waals surface area (Å²) < 4.78 is 10.5. The first kappa shape index (κ1) is 22.0. The van der Waals surface area contributed by atoms with Crippen molar-refractivity contribution < 1.29 is 37.6 Å². The van der Waals surface area contributed by atoms with Crippen LogP contribution in [-0.4, -0.2) is 41.3 Å². The van der Waals surface area contributed by atoms with Crippen molar-refractivity contribution in [1.29, 1.82) is 0 Å². The number of rotatable bonds is 13. The van der Waals surface area contributed by atoms with Crippen molar-refractivity contribution in [2.75, 3.05) is 0 Å². The summed E-state index contributed by atoms with van der Waals surface area (Å²) in [5.41, 5.74) is -0.204. The van der Waals surface area contributed by atoms with Crippen molar-refractivity contribution >= 4 is 36.2 Å². The molecule has 110 valence electrons. The molecule has 0 heterocycles. The van der Waals surface area contributed by atoms with E-state index in [0.29, 0.717) is 10.5 Å². The molecule has 0 aliphatic carbocycles. The van der Waals surface area contributed by atoms with Crippen LogP contribution in [0.4, 0.5) is 0 Å². The van der Waals surface area contributed by atoms with Crippen LogP contribution in [0.15, 0.2) is 0 Å². The molecule has 0 rings (SSSR count). The van der Waals surface area contributed by atoms with E-state index in [1.807, 2.05) is 0 Å². The summed E-state index contributed by atoms with van der Waals surface area (Å²) in [6.07, 6.45) is 9.44.